The van der Waals surface area contributed by atoms with Gasteiger partial charge >= 0.3 is 0 Å². The summed E-state index contributed by atoms with van der Waals surface area (Å²) < 4.78 is 0. The number of hydrogen-bond donors (Lipinski definition) is 1. The van der Waals surface area contributed by atoms with Crippen molar-refractivity contribution in [2.45, 2.75) is 0 Å². The quantitative estimate of drug-likeness (QED) is 0.559. The summed E-state index contributed by atoms with van der Waals surface area (Å²) >= 11 is 0. The van der Waals surface area contributed by atoms with E-state index in [4.69, 9.17) is 0 Å². The number of carbonyl (C=O) groups excluding carboxylic acids is 2. The minimum absolute atomic E-state index is 0.233. The lowest BCUT2D eigenvalue weighted by Gasteiger charge is -1.95. The first kappa shape index (κ1) is 8.28. The highest BCUT2D eigenvalue weighted by atomic mass is 16.1. The molecule has 1 aromatic rings. The molecule has 1 aromatic carbocycles. The third kappa shape index (κ3) is 1.43. The first-order chi connectivity index (χ1) is 5.81. The van der Waals surface area contributed by atoms with E-state index in [0.717, 1.165) is 5.69 Å². The second-order valence-electron chi connectivity index (χ2n) is 2.21. The number of rotatable bonds is 1. The fourth-order valence-corrected chi connectivity index (χ4v) is 0.873. The van der Waals surface area contributed by atoms with Crippen LogP contribution in [0.25, 0.3) is 0 Å². The van der Waals surface area contributed by atoms with Crippen LogP contribution in [0.5, 0.6) is 0 Å². The summed E-state index contributed by atoms with van der Waals surface area (Å²) in [6.07, 6.45) is 0. The van der Waals surface area contributed by atoms with Gasteiger partial charge in [0.2, 0.25) is 0 Å². The van der Waals surface area contributed by atoms with Crippen molar-refractivity contribution < 1.29 is 9.59 Å². The normalized spacial score (nSPS) is 8.42. The molecular weight excluding hydrogens is 154 g/mol. The van der Waals surface area contributed by atoms with E-state index in [2.05, 4.69) is 5.32 Å². The van der Waals surface area contributed by atoms with Crippen LogP contribution in [-0.2, 0) is 9.59 Å². The van der Waals surface area contributed by atoms with E-state index < -0.39 is 0 Å². The molecule has 0 unspecified atom stereocenters. The molecule has 0 spiro atoms. The van der Waals surface area contributed by atoms with Crippen molar-refractivity contribution in [2.24, 2.45) is 0 Å². The van der Waals surface area contributed by atoms with Gasteiger partial charge in [-0.2, -0.15) is 0 Å². The zero-order valence-electron chi connectivity index (χ0n) is 6.55. The Balaban J connectivity index is 3.64. The van der Waals surface area contributed by atoms with Gasteiger partial charge in [-0.25, -0.2) is 9.59 Å². The summed E-state index contributed by atoms with van der Waals surface area (Å²) in [6.45, 7) is 0. The van der Waals surface area contributed by atoms with Crippen LogP contribution in [0.3, 0.4) is 0 Å². The first-order valence-corrected chi connectivity index (χ1v) is 3.40. The van der Waals surface area contributed by atoms with Crippen LogP contribution in [0.4, 0.5) is 5.69 Å². The van der Waals surface area contributed by atoms with Gasteiger partial charge in [0.25, 0.3) is 0 Å². The molecule has 3 nitrogen and oxygen atoms in total. The van der Waals surface area contributed by atoms with Gasteiger partial charge in [-0.3, -0.25) is 0 Å². The molecule has 3 heteroatoms. The number of benzene rings is 1. The van der Waals surface area contributed by atoms with E-state index in [1.54, 1.807) is 31.1 Å². The number of anilines is 1. The minimum Gasteiger partial charge on any atom is -0.388 e. The van der Waals surface area contributed by atoms with Gasteiger partial charge in [-0.05, 0) is 18.2 Å². The van der Waals surface area contributed by atoms with Gasteiger partial charge in [0.15, 0.2) is 0 Å². The van der Waals surface area contributed by atoms with E-state index in [0.29, 0.717) is 0 Å². The Morgan fingerprint density at radius 2 is 1.83 bits per heavy atom. The molecule has 0 amide bonds. The maximum atomic E-state index is 10.3. The summed E-state index contributed by atoms with van der Waals surface area (Å²) in [6, 6.07) is 4.77. The van der Waals surface area contributed by atoms with Gasteiger partial charge in [-0.15, -0.1) is 0 Å². The SMILES string of the molecule is CNc1ccc(=C=O)c(=C=O)c1. The zero-order chi connectivity index (χ0) is 8.97. The molecule has 0 fully saturated rings. The van der Waals surface area contributed by atoms with Crippen LogP contribution in [-0.4, -0.2) is 18.9 Å². The zero-order valence-corrected chi connectivity index (χ0v) is 6.55. The third-order valence-corrected chi connectivity index (χ3v) is 1.53. The maximum absolute atomic E-state index is 10.3. The molecule has 0 saturated heterocycles. The lowest BCUT2D eigenvalue weighted by molar-refractivity contribution is 0.564. The van der Waals surface area contributed by atoms with Crippen molar-refractivity contribution >= 4 is 17.6 Å². The molecule has 0 aliphatic carbocycles. The highest BCUT2D eigenvalue weighted by molar-refractivity contribution is 5.58. The van der Waals surface area contributed by atoms with Crippen LogP contribution >= 0.6 is 0 Å². The van der Waals surface area contributed by atoms with Crippen LogP contribution < -0.4 is 15.8 Å². The maximum Gasteiger partial charge on any atom is 0.133 e. The number of hydrogen-bond acceptors (Lipinski definition) is 3. The predicted molar refractivity (Wildman–Crippen MR) is 44.8 cm³/mol. The van der Waals surface area contributed by atoms with Crippen LogP contribution in [0.1, 0.15) is 0 Å². The topological polar surface area (TPSA) is 46.2 Å². The van der Waals surface area contributed by atoms with Crippen molar-refractivity contribution in [1.82, 2.24) is 0 Å². The summed E-state index contributed by atoms with van der Waals surface area (Å²) in [5.74, 6) is 3.33. The predicted octanol–water partition coefficient (Wildman–Crippen LogP) is -1.27. The highest BCUT2D eigenvalue weighted by Gasteiger charge is 1.89. The first-order valence-electron chi connectivity index (χ1n) is 3.40. The summed E-state index contributed by atoms with van der Waals surface area (Å²) in [7, 11) is 1.73. The Bertz CT molecular complexity index is 440. The molecule has 0 radical (unpaired) electrons. The molecule has 1 N–H and O–H groups in total. The highest BCUT2D eigenvalue weighted by Crippen LogP contribution is 1.95. The smallest absolute Gasteiger partial charge is 0.133 e. The molecule has 0 aromatic heterocycles. The molecule has 0 atom stereocenters. The molecule has 60 valence electrons. The Labute approximate surface area is 69.0 Å². The minimum atomic E-state index is 0.233. The molecular formula is C9H7NO2. The van der Waals surface area contributed by atoms with Gasteiger partial charge in [0, 0.05) is 12.7 Å². The second kappa shape index (κ2) is 3.54. The van der Waals surface area contributed by atoms with Crippen molar-refractivity contribution in [3.63, 3.8) is 0 Å². The van der Waals surface area contributed by atoms with Gasteiger partial charge in [0.1, 0.15) is 11.9 Å². The van der Waals surface area contributed by atoms with E-state index in [9.17, 15) is 9.59 Å². The third-order valence-electron chi connectivity index (χ3n) is 1.53. The average molecular weight is 161 g/mol. The molecule has 0 aliphatic rings. The van der Waals surface area contributed by atoms with E-state index in [1.165, 1.54) is 6.07 Å². The molecule has 12 heavy (non-hydrogen) atoms. The Hall–Kier alpha value is -1.82. The molecule has 0 heterocycles. The molecule has 0 saturated carbocycles. The van der Waals surface area contributed by atoms with Crippen LogP contribution in [0.15, 0.2) is 18.2 Å². The lowest BCUT2D eigenvalue weighted by Crippen LogP contribution is -2.26. The van der Waals surface area contributed by atoms with Gasteiger partial charge < -0.3 is 5.32 Å². The van der Waals surface area contributed by atoms with E-state index >= 15 is 0 Å². The summed E-state index contributed by atoms with van der Waals surface area (Å²) in [5, 5.41) is 3.32. The number of nitrogens with one attached hydrogen (secondary N) is 1. The lowest BCUT2D eigenvalue weighted by atomic mass is 10.2. The molecule has 0 bridgehead atoms. The second-order valence-corrected chi connectivity index (χ2v) is 2.21. The molecule has 1 rings (SSSR count). The van der Waals surface area contributed by atoms with Gasteiger partial charge in [-0.1, -0.05) is 0 Å². The van der Waals surface area contributed by atoms with Crippen molar-refractivity contribution in [2.75, 3.05) is 12.4 Å². The fourth-order valence-electron chi connectivity index (χ4n) is 0.873. The van der Waals surface area contributed by atoms with E-state index in [1.807, 2.05) is 0 Å². The summed E-state index contributed by atoms with van der Waals surface area (Å²) in [5.41, 5.74) is 0.771. The monoisotopic (exact) mass is 161 g/mol. The molecule has 0 aliphatic heterocycles. The fraction of sp³-hybridized carbons (Fsp3) is 0.111. The standard InChI is InChI=1S/C9H7NO2/c1-10-9-3-2-7(5-11)8(4-9)6-12/h2-4,10H,1H3. The van der Waals surface area contributed by atoms with Crippen molar-refractivity contribution in [1.29, 1.82) is 0 Å². The summed E-state index contributed by atoms with van der Waals surface area (Å²) in [4.78, 5) is 20.6. The Morgan fingerprint density at radius 1 is 1.17 bits per heavy atom. The largest absolute Gasteiger partial charge is 0.388 e. The average Bonchev–Trinajstić information content (AvgIpc) is 2.16. The van der Waals surface area contributed by atoms with Crippen LogP contribution in [0.2, 0.25) is 0 Å². The van der Waals surface area contributed by atoms with Gasteiger partial charge in [0.05, 0.1) is 10.4 Å². The van der Waals surface area contributed by atoms with Crippen molar-refractivity contribution in [3.05, 3.63) is 28.6 Å². The van der Waals surface area contributed by atoms with Crippen LogP contribution in [0, 0.1) is 0 Å². The Morgan fingerprint density at radius 3 is 2.33 bits per heavy atom. The van der Waals surface area contributed by atoms with E-state index in [-0.39, 0.29) is 10.4 Å². The van der Waals surface area contributed by atoms with Crippen molar-refractivity contribution in [3.8, 4) is 0 Å². The Kier molecular flexibility index (Phi) is 2.44.